The lowest BCUT2D eigenvalue weighted by Crippen LogP contribution is -2.30. The molecule has 1 N–H and O–H groups in total. The number of hydrogen-bond donors (Lipinski definition) is 1. The molecule has 1 saturated heterocycles. The first kappa shape index (κ1) is 12.7. The lowest BCUT2D eigenvalue weighted by atomic mass is 10.2. The van der Waals surface area contributed by atoms with Crippen LogP contribution in [0.25, 0.3) is 0 Å². The molecule has 0 spiro atoms. The minimum Gasteiger partial charge on any atom is -0.307 e. The quantitative estimate of drug-likeness (QED) is 0.834. The van der Waals surface area contributed by atoms with E-state index in [2.05, 4.69) is 17.6 Å². The fraction of sp³-hybridized carbons (Fsp3) is 0.727. The fourth-order valence-electron chi connectivity index (χ4n) is 1.61. The Bertz CT molecular complexity index is 308. The first-order valence-electron chi connectivity index (χ1n) is 5.73. The topological polar surface area (TPSA) is 24.9 Å². The molecule has 1 aliphatic heterocycles. The van der Waals surface area contributed by atoms with Crippen LogP contribution < -0.4 is 5.32 Å². The molecule has 16 heavy (non-hydrogen) atoms. The van der Waals surface area contributed by atoms with Crippen molar-refractivity contribution in [2.45, 2.75) is 25.1 Å². The zero-order valence-electron chi connectivity index (χ0n) is 9.57. The third-order valence-electron chi connectivity index (χ3n) is 2.42. The van der Waals surface area contributed by atoms with Crippen LogP contribution in [0.3, 0.4) is 0 Å². The second-order valence-corrected chi connectivity index (χ2v) is 7.00. The van der Waals surface area contributed by atoms with Gasteiger partial charge < -0.3 is 5.32 Å². The molecule has 0 saturated carbocycles. The van der Waals surface area contributed by atoms with Crippen molar-refractivity contribution in [3.63, 3.8) is 0 Å². The van der Waals surface area contributed by atoms with Gasteiger partial charge in [-0.1, -0.05) is 6.92 Å². The van der Waals surface area contributed by atoms with Gasteiger partial charge in [0.25, 0.3) is 0 Å². The number of nitrogens with one attached hydrogen (secondary N) is 1. The highest BCUT2D eigenvalue weighted by molar-refractivity contribution is 7.99. The van der Waals surface area contributed by atoms with Crippen molar-refractivity contribution >= 4 is 34.9 Å². The van der Waals surface area contributed by atoms with Crippen LogP contribution in [-0.2, 0) is 5.75 Å². The van der Waals surface area contributed by atoms with Crippen molar-refractivity contribution in [1.29, 1.82) is 0 Å². The van der Waals surface area contributed by atoms with Gasteiger partial charge in [-0.2, -0.15) is 23.5 Å². The molecule has 1 aromatic heterocycles. The predicted octanol–water partition coefficient (Wildman–Crippen LogP) is 3.16. The monoisotopic (exact) mass is 274 g/mol. The molecule has 2 rings (SSSR count). The van der Waals surface area contributed by atoms with E-state index in [0.717, 1.165) is 12.3 Å². The molecule has 1 aliphatic rings. The van der Waals surface area contributed by atoms with Crippen molar-refractivity contribution in [3.05, 3.63) is 16.1 Å². The molecule has 0 aliphatic carbocycles. The number of hydrogen-bond acceptors (Lipinski definition) is 5. The van der Waals surface area contributed by atoms with Gasteiger partial charge in [-0.15, -0.1) is 11.3 Å². The predicted molar refractivity (Wildman–Crippen MR) is 76.6 cm³/mol. The van der Waals surface area contributed by atoms with E-state index in [1.54, 1.807) is 0 Å². The summed E-state index contributed by atoms with van der Waals surface area (Å²) < 4.78 is 0. The highest BCUT2D eigenvalue weighted by Crippen LogP contribution is 2.25. The summed E-state index contributed by atoms with van der Waals surface area (Å²) in [6, 6.07) is 0.486. The summed E-state index contributed by atoms with van der Waals surface area (Å²) in [5.74, 6) is 4.73. The second kappa shape index (κ2) is 6.89. The largest absolute Gasteiger partial charge is 0.307 e. The Balaban J connectivity index is 1.85. The van der Waals surface area contributed by atoms with E-state index in [9.17, 15) is 0 Å². The maximum atomic E-state index is 4.73. The molecule has 1 fully saturated rings. The maximum Gasteiger partial charge on any atom is 0.103 e. The summed E-state index contributed by atoms with van der Waals surface area (Å²) in [6.07, 6.45) is 1.25. The number of nitrogens with zero attached hydrogens (tertiary/aromatic N) is 1. The Hall–Kier alpha value is 0.290. The van der Waals surface area contributed by atoms with Crippen LogP contribution in [0.1, 0.15) is 30.1 Å². The summed E-state index contributed by atoms with van der Waals surface area (Å²) in [6.45, 7) is 3.34. The van der Waals surface area contributed by atoms with Crippen molar-refractivity contribution in [2.75, 3.05) is 23.8 Å². The van der Waals surface area contributed by atoms with Crippen LogP contribution in [0.5, 0.6) is 0 Å². The number of rotatable bonds is 5. The average molecular weight is 274 g/mol. The van der Waals surface area contributed by atoms with Gasteiger partial charge in [-0.25, -0.2) is 4.98 Å². The fourth-order valence-corrected chi connectivity index (χ4v) is 4.39. The molecular formula is C11H18N2S3. The minimum atomic E-state index is 0.486. The van der Waals surface area contributed by atoms with Crippen LogP contribution in [0.2, 0.25) is 0 Å². The van der Waals surface area contributed by atoms with Crippen LogP contribution in [0.4, 0.5) is 0 Å². The van der Waals surface area contributed by atoms with Gasteiger partial charge in [-0.05, 0) is 12.2 Å². The van der Waals surface area contributed by atoms with Crippen LogP contribution in [0, 0.1) is 0 Å². The smallest absolute Gasteiger partial charge is 0.103 e. The number of aromatic nitrogens is 1. The maximum absolute atomic E-state index is 4.73. The summed E-state index contributed by atoms with van der Waals surface area (Å²) in [5, 5.41) is 7.04. The van der Waals surface area contributed by atoms with E-state index in [1.807, 2.05) is 34.9 Å². The Kier molecular flexibility index (Phi) is 5.48. The third-order valence-corrected chi connectivity index (χ3v) is 5.71. The van der Waals surface area contributed by atoms with E-state index in [-0.39, 0.29) is 0 Å². The summed E-state index contributed by atoms with van der Waals surface area (Å²) in [7, 11) is 0. The van der Waals surface area contributed by atoms with Crippen LogP contribution in [0.15, 0.2) is 5.38 Å². The standard InChI is InChI=1S/C11H18N2S3/c1-2-4-14-8-11-13-10(7-16-11)9-6-15-5-3-12-9/h7,9,12H,2-6,8H2,1H3. The Morgan fingerprint density at radius 1 is 1.62 bits per heavy atom. The first-order valence-corrected chi connectivity index (χ1v) is 8.92. The van der Waals surface area contributed by atoms with Gasteiger partial charge in [0.05, 0.1) is 11.7 Å². The molecule has 1 aromatic rings. The van der Waals surface area contributed by atoms with Gasteiger partial charge in [0.2, 0.25) is 0 Å². The zero-order valence-corrected chi connectivity index (χ0v) is 12.0. The van der Waals surface area contributed by atoms with Gasteiger partial charge >= 0.3 is 0 Å². The summed E-state index contributed by atoms with van der Waals surface area (Å²) >= 11 is 5.83. The minimum absolute atomic E-state index is 0.486. The Labute approximate surface area is 110 Å². The molecule has 0 radical (unpaired) electrons. The van der Waals surface area contributed by atoms with Crippen LogP contribution in [-0.4, -0.2) is 28.8 Å². The second-order valence-electron chi connectivity index (χ2n) is 3.80. The van der Waals surface area contributed by atoms with Gasteiger partial charge in [0.15, 0.2) is 0 Å². The van der Waals surface area contributed by atoms with Crippen molar-refractivity contribution in [1.82, 2.24) is 10.3 Å². The van der Waals surface area contributed by atoms with E-state index in [0.29, 0.717) is 6.04 Å². The lowest BCUT2D eigenvalue weighted by Gasteiger charge is -2.21. The summed E-state index contributed by atoms with van der Waals surface area (Å²) in [5.41, 5.74) is 1.25. The highest BCUT2D eigenvalue weighted by Gasteiger charge is 2.17. The third kappa shape index (κ3) is 3.65. The summed E-state index contributed by atoms with van der Waals surface area (Å²) in [4.78, 5) is 4.73. The molecule has 2 nitrogen and oxygen atoms in total. The molecule has 90 valence electrons. The van der Waals surface area contributed by atoms with E-state index in [4.69, 9.17) is 4.98 Å². The van der Waals surface area contributed by atoms with E-state index < -0.39 is 0 Å². The molecule has 1 atom stereocenters. The number of thioether (sulfide) groups is 2. The van der Waals surface area contributed by atoms with Gasteiger partial charge in [-0.3, -0.25) is 0 Å². The van der Waals surface area contributed by atoms with E-state index >= 15 is 0 Å². The average Bonchev–Trinajstić information content (AvgIpc) is 2.79. The normalized spacial score (nSPS) is 21.2. The Morgan fingerprint density at radius 2 is 2.56 bits per heavy atom. The molecule has 0 aromatic carbocycles. The highest BCUT2D eigenvalue weighted by atomic mass is 32.2. The van der Waals surface area contributed by atoms with Crippen LogP contribution >= 0.6 is 34.9 Å². The lowest BCUT2D eigenvalue weighted by molar-refractivity contribution is 0.583. The molecule has 2 heterocycles. The van der Waals surface area contributed by atoms with Crippen molar-refractivity contribution in [2.24, 2.45) is 0 Å². The molecule has 0 bridgehead atoms. The number of thiazole rings is 1. The van der Waals surface area contributed by atoms with E-state index in [1.165, 1.54) is 34.4 Å². The SMILES string of the molecule is CCCSCc1nc(C2CSCCN2)cs1. The van der Waals surface area contributed by atoms with Crippen molar-refractivity contribution < 1.29 is 0 Å². The Morgan fingerprint density at radius 3 is 3.31 bits per heavy atom. The molecule has 1 unspecified atom stereocenters. The van der Waals surface area contributed by atoms with Gasteiger partial charge in [0.1, 0.15) is 5.01 Å². The zero-order chi connectivity index (χ0) is 11.2. The molecule has 0 amide bonds. The van der Waals surface area contributed by atoms with Gasteiger partial charge in [0, 0.05) is 29.2 Å². The molecule has 5 heteroatoms. The molecular weight excluding hydrogens is 256 g/mol. The first-order chi connectivity index (χ1) is 7.90. The van der Waals surface area contributed by atoms with Crippen molar-refractivity contribution in [3.8, 4) is 0 Å².